The van der Waals surface area contributed by atoms with Gasteiger partial charge in [-0.2, -0.15) is 0 Å². The molecular weight excluding hydrogens is 1040 g/mol. The van der Waals surface area contributed by atoms with Crippen LogP contribution < -0.4 is 0 Å². The second-order valence-electron chi connectivity index (χ2n) is 23.8. The summed E-state index contributed by atoms with van der Waals surface area (Å²) >= 11 is 0. The van der Waals surface area contributed by atoms with Gasteiger partial charge in [-0.15, -0.1) is 0 Å². The van der Waals surface area contributed by atoms with E-state index in [1.807, 2.05) is 0 Å². The quantitative estimate of drug-likeness (QED) is 0.255. The fourth-order valence-electron chi connectivity index (χ4n) is 12.9. The van der Waals surface area contributed by atoms with Crippen LogP contribution in [0, 0.1) is 29.6 Å². The third-order valence-corrected chi connectivity index (χ3v) is 16.6. The largest absolute Gasteiger partial charge is 0.444 e. The zero-order valence-corrected chi connectivity index (χ0v) is 44.8. The molecule has 0 N–H and O–H groups in total. The van der Waals surface area contributed by atoms with Crippen LogP contribution in [0.1, 0.15) is 182 Å². The van der Waals surface area contributed by atoms with Gasteiger partial charge in [-0.25, -0.2) is 9.59 Å². The Morgan fingerprint density at radius 1 is 0.463 bits per heavy atom. The SMILES string of the molecule is CC(C)(C)OC(=O)N1CCCC[C@H]1C(=O)C1C(=O)c2cc3c(cc2C1=O)C(=O)C(C(=O)[C@@H]1CCCCN1C(=O)OC(C)(C)CC1CC(=O)N(CC(=O)C2C(=O)c4cc5c(cc4C2=O)C(=O)C(C(=O)CN2CCCC2=O)C5=O)C1)C3=O. The fraction of sp³-hybridized carbons (Fsp3) is 0.517. The first-order valence-corrected chi connectivity index (χ1v) is 27.1. The van der Waals surface area contributed by atoms with Crippen molar-refractivity contribution in [3.63, 3.8) is 0 Å². The Morgan fingerprint density at radius 2 is 0.838 bits per heavy atom. The molecule has 22 heteroatoms. The van der Waals surface area contributed by atoms with Crippen molar-refractivity contribution in [3.05, 3.63) is 68.8 Å². The lowest BCUT2D eigenvalue weighted by molar-refractivity contribution is -0.132. The molecule has 3 atom stereocenters. The molecule has 10 rings (SSSR count). The van der Waals surface area contributed by atoms with Crippen LogP contribution in [0.4, 0.5) is 9.59 Å². The summed E-state index contributed by atoms with van der Waals surface area (Å²) in [6.45, 7) is 7.51. The standard InChI is InChI=1S/C58H58N4O18/c1-57(2,3)79-55(77)61-15-8-6-11-35(61)53(75)43-49(71)31-20-33-34(21-32(31)50(43)72)52(74)44(51(33)73)54(76)36-12-7-9-16-62(36)56(78)80-58(4,5)22-26-17-40(66)60(23-26)25-38(64)42-47(69)29-18-27-28(19-30(29)48(42)70)46(68)41(45(27)67)37(63)24-59-14-10-13-39(59)65/h18-21,26,35-36,41-44H,6-17,22-25H2,1-5H3/t26?,35-,36-,41?,42?,43?,44?/m0/s1. The number of carbonyl (C=O) groups excluding carboxylic acids is 16. The fourth-order valence-corrected chi connectivity index (χ4v) is 12.9. The average Bonchev–Trinajstić information content (AvgIpc) is 4.35. The van der Waals surface area contributed by atoms with Crippen LogP contribution in [-0.2, 0) is 38.2 Å². The van der Waals surface area contributed by atoms with Gasteiger partial charge in [0.15, 0.2) is 69.4 Å². The second kappa shape index (κ2) is 20.3. The van der Waals surface area contributed by atoms with Gasteiger partial charge in [-0.1, -0.05) is 0 Å². The maximum atomic E-state index is 14.4. The zero-order chi connectivity index (χ0) is 57.8. The number of hydrogen-bond donors (Lipinski definition) is 0. The number of likely N-dealkylation sites (tertiary alicyclic amines) is 4. The number of nitrogens with zero attached hydrogens (tertiary/aromatic N) is 4. The number of rotatable bonds is 13. The molecule has 4 amide bonds. The predicted molar refractivity (Wildman–Crippen MR) is 272 cm³/mol. The minimum absolute atomic E-state index is 0.0180. The Morgan fingerprint density at radius 3 is 1.21 bits per heavy atom. The van der Waals surface area contributed by atoms with Gasteiger partial charge in [-0.05, 0) is 116 Å². The molecule has 80 heavy (non-hydrogen) atoms. The summed E-state index contributed by atoms with van der Waals surface area (Å²) in [5.74, 6) is -19.3. The van der Waals surface area contributed by atoms with Crippen molar-refractivity contribution >= 4 is 93.4 Å². The van der Waals surface area contributed by atoms with Crippen molar-refractivity contribution in [1.82, 2.24) is 19.6 Å². The van der Waals surface area contributed by atoms with Gasteiger partial charge in [0.05, 0.1) is 25.2 Å². The Balaban J connectivity index is 0.751. The van der Waals surface area contributed by atoms with Crippen molar-refractivity contribution in [1.29, 1.82) is 0 Å². The van der Waals surface area contributed by atoms with Gasteiger partial charge in [0.2, 0.25) is 11.8 Å². The van der Waals surface area contributed by atoms with Crippen LogP contribution in [0.5, 0.6) is 0 Å². The first-order chi connectivity index (χ1) is 37.7. The smallest absolute Gasteiger partial charge is 0.410 e. The van der Waals surface area contributed by atoms with Gasteiger partial charge in [0, 0.05) is 83.5 Å². The molecule has 4 aliphatic heterocycles. The molecule has 4 heterocycles. The van der Waals surface area contributed by atoms with E-state index in [-0.39, 0.29) is 102 Å². The van der Waals surface area contributed by atoms with E-state index in [9.17, 15) is 76.7 Å². The van der Waals surface area contributed by atoms with Crippen LogP contribution in [0.25, 0.3) is 0 Å². The van der Waals surface area contributed by atoms with E-state index in [1.165, 1.54) is 14.7 Å². The molecule has 2 aromatic rings. The molecule has 2 aromatic carbocycles. The van der Waals surface area contributed by atoms with Crippen LogP contribution in [0.2, 0.25) is 0 Å². The van der Waals surface area contributed by atoms with Crippen LogP contribution in [0.3, 0.4) is 0 Å². The number of amides is 4. The Bertz CT molecular complexity index is 3180. The number of ether oxygens (including phenoxy) is 2. The average molecular weight is 1100 g/mol. The van der Waals surface area contributed by atoms with E-state index in [4.69, 9.17) is 9.47 Å². The van der Waals surface area contributed by atoms with E-state index in [1.54, 1.807) is 34.6 Å². The van der Waals surface area contributed by atoms with Crippen molar-refractivity contribution in [3.8, 4) is 0 Å². The van der Waals surface area contributed by atoms with Crippen molar-refractivity contribution in [2.45, 2.75) is 122 Å². The Labute approximate surface area is 457 Å². The molecule has 1 unspecified atom stereocenters. The van der Waals surface area contributed by atoms with E-state index >= 15 is 0 Å². The predicted octanol–water partition coefficient (Wildman–Crippen LogP) is 4.06. The number of ketones is 12. The molecule has 0 bridgehead atoms. The summed E-state index contributed by atoms with van der Waals surface area (Å²) in [4.78, 5) is 222. The van der Waals surface area contributed by atoms with E-state index in [2.05, 4.69) is 0 Å². The van der Waals surface area contributed by atoms with Gasteiger partial charge < -0.3 is 19.3 Å². The Kier molecular flexibility index (Phi) is 14.0. The zero-order valence-electron chi connectivity index (χ0n) is 44.8. The summed E-state index contributed by atoms with van der Waals surface area (Å²) < 4.78 is 11.4. The molecular formula is C58H58N4O18. The second-order valence-corrected chi connectivity index (χ2v) is 23.8. The molecule has 0 spiro atoms. The first kappa shape index (κ1) is 55.3. The normalized spacial score (nSPS) is 22.9. The highest BCUT2D eigenvalue weighted by molar-refractivity contribution is 6.42. The topological polar surface area (TPSA) is 305 Å². The molecule has 4 aliphatic carbocycles. The Hall–Kier alpha value is -8.04. The van der Waals surface area contributed by atoms with Gasteiger partial charge >= 0.3 is 12.2 Å². The van der Waals surface area contributed by atoms with Crippen LogP contribution in [-0.4, -0.2) is 176 Å². The molecule has 0 saturated carbocycles. The number of benzene rings is 2. The minimum Gasteiger partial charge on any atom is -0.444 e. The summed E-state index contributed by atoms with van der Waals surface area (Å²) in [7, 11) is 0. The van der Waals surface area contributed by atoms with Gasteiger partial charge in [0.1, 0.15) is 34.9 Å². The van der Waals surface area contributed by atoms with Crippen molar-refractivity contribution < 1.29 is 86.2 Å². The van der Waals surface area contributed by atoms with E-state index < -0.39 is 153 Å². The first-order valence-electron chi connectivity index (χ1n) is 27.1. The van der Waals surface area contributed by atoms with Gasteiger partial charge in [0.25, 0.3) is 0 Å². The number of Topliss-reactive ketones (excluding diaryl/α,β-unsaturated/α-hetero) is 12. The lowest BCUT2D eigenvalue weighted by Gasteiger charge is -2.37. The molecule has 4 fully saturated rings. The highest BCUT2D eigenvalue weighted by atomic mass is 16.6. The molecule has 0 aromatic heterocycles. The molecule has 418 valence electrons. The minimum atomic E-state index is -1.91. The monoisotopic (exact) mass is 1100 g/mol. The lowest BCUT2D eigenvalue weighted by atomic mass is 9.87. The molecule has 0 radical (unpaired) electrons. The summed E-state index contributed by atoms with van der Waals surface area (Å²) in [5, 5.41) is 0. The molecule has 4 saturated heterocycles. The van der Waals surface area contributed by atoms with Crippen molar-refractivity contribution in [2.75, 3.05) is 39.3 Å². The van der Waals surface area contributed by atoms with Crippen LogP contribution >= 0.6 is 0 Å². The maximum absolute atomic E-state index is 14.4. The molecule has 8 aliphatic rings. The lowest BCUT2D eigenvalue weighted by Crippen LogP contribution is -2.52. The third kappa shape index (κ3) is 9.52. The summed E-state index contributed by atoms with van der Waals surface area (Å²) in [6.07, 6.45) is 1.28. The van der Waals surface area contributed by atoms with Crippen LogP contribution in [0.15, 0.2) is 24.3 Å². The number of fused-ring (bicyclic) bond motifs is 4. The maximum Gasteiger partial charge on any atom is 0.410 e. The molecule has 22 nitrogen and oxygen atoms in total. The summed E-state index contributed by atoms with van der Waals surface area (Å²) in [6, 6.07) is 1.80. The highest BCUT2D eigenvalue weighted by Gasteiger charge is 2.54. The van der Waals surface area contributed by atoms with E-state index in [0.717, 1.165) is 29.2 Å². The van der Waals surface area contributed by atoms with Crippen molar-refractivity contribution in [2.24, 2.45) is 29.6 Å². The number of carbonyl (C=O) groups is 16. The number of hydrogen-bond acceptors (Lipinski definition) is 18. The number of piperidine rings is 2. The van der Waals surface area contributed by atoms with Gasteiger partial charge in [-0.3, -0.25) is 76.9 Å². The summed E-state index contributed by atoms with van der Waals surface area (Å²) in [5.41, 5.74) is -4.35. The highest BCUT2D eigenvalue weighted by Crippen LogP contribution is 2.40. The van der Waals surface area contributed by atoms with E-state index in [0.29, 0.717) is 38.6 Å². The third-order valence-electron chi connectivity index (χ3n) is 16.6.